The molecule has 1 saturated carbocycles. The quantitative estimate of drug-likeness (QED) is 0.555. The highest BCUT2D eigenvalue weighted by Gasteiger charge is 2.39. The fourth-order valence-electron chi connectivity index (χ4n) is 2.70. The molecule has 2 rings (SSSR count). The van der Waals surface area contributed by atoms with Gasteiger partial charge in [-0.1, -0.05) is 24.3 Å². The number of rotatable bonds is 3. The molecule has 0 spiro atoms. The maximum Gasteiger partial charge on any atom is -0.0109 e. The van der Waals surface area contributed by atoms with E-state index < -0.39 is 0 Å². The summed E-state index contributed by atoms with van der Waals surface area (Å²) in [6, 6.07) is 0. The lowest BCUT2D eigenvalue weighted by Crippen LogP contribution is -2.10. The average Bonchev–Trinajstić information content (AvgIpc) is 2.64. The second-order valence-electron chi connectivity index (χ2n) is 4.33. The Morgan fingerprint density at radius 2 is 2.50 bits per heavy atom. The molecule has 0 N–H and O–H groups in total. The first kappa shape index (κ1) is 8.10. The van der Waals surface area contributed by atoms with E-state index in [0.29, 0.717) is 5.41 Å². The molecule has 2 bridgehead atoms. The van der Waals surface area contributed by atoms with Gasteiger partial charge in [-0.25, -0.2) is 0 Å². The van der Waals surface area contributed by atoms with Crippen LogP contribution in [-0.4, -0.2) is 0 Å². The minimum Gasteiger partial charge on any atom is -0.0917 e. The van der Waals surface area contributed by atoms with E-state index in [9.17, 15) is 0 Å². The van der Waals surface area contributed by atoms with Crippen molar-refractivity contribution in [3.05, 3.63) is 24.3 Å². The highest BCUT2D eigenvalue weighted by molar-refractivity contribution is 5.15. The summed E-state index contributed by atoms with van der Waals surface area (Å²) in [7, 11) is 0. The van der Waals surface area contributed by atoms with Gasteiger partial charge in [0.15, 0.2) is 0 Å². The fraction of sp³-hybridized carbons (Fsp3) is 0.667. The average molecular weight is 162 g/mol. The smallest absolute Gasteiger partial charge is 0.0109 e. The summed E-state index contributed by atoms with van der Waals surface area (Å²) in [5, 5.41) is 0. The number of hydrogen-bond donors (Lipinski definition) is 0. The van der Waals surface area contributed by atoms with Gasteiger partial charge in [0.25, 0.3) is 0 Å². The molecule has 0 radical (unpaired) electrons. The molecule has 1 fully saturated rings. The molecule has 0 heterocycles. The number of hydrogen-bond acceptors (Lipinski definition) is 0. The Morgan fingerprint density at radius 1 is 1.58 bits per heavy atom. The van der Waals surface area contributed by atoms with E-state index in [1.807, 2.05) is 0 Å². The Hall–Kier alpha value is -0.520. The van der Waals surface area contributed by atoms with Crippen molar-refractivity contribution in [3.63, 3.8) is 0 Å². The van der Waals surface area contributed by atoms with E-state index in [2.05, 4.69) is 31.2 Å². The van der Waals surface area contributed by atoms with Crippen LogP contribution in [0.15, 0.2) is 24.3 Å². The summed E-state index contributed by atoms with van der Waals surface area (Å²) in [6.07, 6.45) is 16.4. The molecule has 2 unspecified atom stereocenters. The Labute approximate surface area is 75.4 Å². The van der Waals surface area contributed by atoms with Gasteiger partial charge in [0.1, 0.15) is 0 Å². The molecular weight excluding hydrogens is 144 g/mol. The van der Waals surface area contributed by atoms with Gasteiger partial charge in [0.2, 0.25) is 0 Å². The molecule has 0 aliphatic heterocycles. The highest BCUT2D eigenvalue weighted by atomic mass is 14.4. The van der Waals surface area contributed by atoms with Crippen molar-refractivity contribution in [3.8, 4) is 0 Å². The normalized spacial score (nSPS) is 38.6. The standard InChI is InChI=1S/C12H18/c1-2-3-4-7-12-8-5-11(10-12)6-9-12/h2-3,5,8,11H,4,6-7,9-10H2,1H3. The molecular formula is C12H18. The Balaban J connectivity index is 1.90. The van der Waals surface area contributed by atoms with Gasteiger partial charge in [-0.3, -0.25) is 0 Å². The summed E-state index contributed by atoms with van der Waals surface area (Å²) in [4.78, 5) is 0. The van der Waals surface area contributed by atoms with Crippen LogP contribution in [0.5, 0.6) is 0 Å². The van der Waals surface area contributed by atoms with Gasteiger partial charge in [-0.05, 0) is 50.4 Å². The lowest BCUT2D eigenvalue weighted by atomic mass is 9.83. The van der Waals surface area contributed by atoms with Crippen molar-refractivity contribution in [2.45, 2.75) is 39.0 Å². The molecule has 0 nitrogen and oxygen atoms in total. The minimum atomic E-state index is 0.629. The first-order valence-electron chi connectivity index (χ1n) is 5.15. The van der Waals surface area contributed by atoms with E-state index in [1.165, 1.54) is 32.1 Å². The molecule has 66 valence electrons. The van der Waals surface area contributed by atoms with Crippen molar-refractivity contribution in [1.82, 2.24) is 0 Å². The number of allylic oxidation sites excluding steroid dienone is 4. The van der Waals surface area contributed by atoms with E-state index >= 15 is 0 Å². The highest BCUT2D eigenvalue weighted by Crippen LogP contribution is 2.51. The van der Waals surface area contributed by atoms with Crippen LogP contribution < -0.4 is 0 Å². The first-order chi connectivity index (χ1) is 5.85. The van der Waals surface area contributed by atoms with Gasteiger partial charge < -0.3 is 0 Å². The Bertz CT molecular complexity index is 212. The summed E-state index contributed by atoms with van der Waals surface area (Å²) < 4.78 is 0. The topological polar surface area (TPSA) is 0 Å². The zero-order valence-corrected chi connectivity index (χ0v) is 7.92. The Kier molecular flexibility index (Phi) is 2.08. The van der Waals surface area contributed by atoms with Crippen molar-refractivity contribution in [2.75, 3.05) is 0 Å². The van der Waals surface area contributed by atoms with E-state index in [1.54, 1.807) is 0 Å². The van der Waals surface area contributed by atoms with Gasteiger partial charge >= 0.3 is 0 Å². The van der Waals surface area contributed by atoms with Gasteiger partial charge in [-0.15, -0.1) is 0 Å². The van der Waals surface area contributed by atoms with Crippen LogP contribution in [0.4, 0.5) is 0 Å². The van der Waals surface area contributed by atoms with Crippen LogP contribution in [0.1, 0.15) is 39.0 Å². The second kappa shape index (κ2) is 3.08. The third kappa shape index (κ3) is 1.35. The minimum absolute atomic E-state index is 0.629. The van der Waals surface area contributed by atoms with Crippen molar-refractivity contribution >= 4 is 0 Å². The molecule has 0 saturated heterocycles. The van der Waals surface area contributed by atoms with E-state index in [-0.39, 0.29) is 0 Å². The third-order valence-electron chi connectivity index (χ3n) is 3.45. The molecule has 2 aliphatic rings. The maximum absolute atomic E-state index is 2.49. The van der Waals surface area contributed by atoms with Crippen molar-refractivity contribution < 1.29 is 0 Å². The van der Waals surface area contributed by atoms with E-state index in [0.717, 1.165) is 5.92 Å². The fourth-order valence-corrected chi connectivity index (χ4v) is 2.70. The zero-order chi connectivity index (χ0) is 8.44. The summed E-state index contributed by atoms with van der Waals surface area (Å²) in [6.45, 7) is 2.11. The predicted molar refractivity (Wildman–Crippen MR) is 53.0 cm³/mol. The van der Waals surface area contributed by atoms with Crippen LogP contribution in [0.25, 0.3) is 0 Å². The first-order valence-corrected chi connectivity index (χ1v) is 5.15. The lowest BCUT2D eigenvalue weighted by molar-refractivity contribution is 0.373. The third-order valence-corrected chi connectivity index (χ3v) is 3.45. The van der Waals surface area contributed by atoms with Crippen molar-refractivity contribution in [1.29, 1.82) is 0 Å². The molecule has 0 aromatic carbocycles. The van der Waals surface area contributed by atoms with Crippen LogP contribution in [0.3, 0.4) is 0 Å². The van der Waals surface area contributed by atoms with Crippen LogP contribution >= 0.6 is 0 Å². The van der Waals surface area contributed by atoms with Crippen LogP contribution in [0.2, 0.25) is 0 Å². The molecule has 2 atom stereocenters. The maximum atomic E-state index is 2.49. The molecule has 0 heteroatoms. The van der Waals surface area contributed by atoms with Crippen LogP contribution in [-0.2, 0) is 0 Å². The second-order valence-corrected chi connectivity index (χ2v) is 4.33. The van der Waals surface area contributed by atoms with Gasteiger partial charge in [0.05, 0.1) is 0 Å². The summed E-state index contributed by atoms with van der Waals surface area (Å²) in [5.74, 6) is 0.940. The van der Waals surface area contributed by atoms with E-state index in [4.69, 9.17) is 0 Å². The summed E-state index contributed by atoms with van der Waals surface area (Å²) in [5.41, 5.74) is 0.629. The molecule has 0 aromatic heterocycles. The predicted octanol–water partition coefficient (Wildman–Crippen LogP) is 3.70. The molecule has 2 aliphatic carbocycles. The molecule has 0 aromatic rings. The lowest BCUT2D eigenvalue weighted by Gasteiger charge is -2.22. The molecule has 12 heavy (non-hydrogen) atoms. The summed E-state index contributed by atoms with van der Waals surface area (Å²) >= 11 is 0. The zero-order valence-electron chi connectivity index (χ0n) is 7.92. The van der Waals surface area contributed by atoms with Gasteiger partial charge in [-0.2, -0.15) is 0 Å². The van der Waals surface area contributed by atoms with Gasteiger partial charge in [0, 0.05) is 0 Å². The largest absolute Gasteiger partial charge is 0.0917 e. The van der Waals surface area contributed by atoms with Crippen LogP contribution in [0, 0.1) is 11.3 Å². The number of fused-ring (bicyclic) bond motifs is 2. The SMILES string of the molecule is CC=CCCC12C=CC(CC1)C2. The monoisotopic (exact) mass is 162 g/mol. The Morgan fingerprint density at radius 3 is 3.00 bits per heavy atom. The molecule has 0 amide bonds. The van der Waals surface area contributed by atoms with Crippen molar-refractivity contribution in [2.24, 2.45) is 11.3 Å².